The van der Waals surface area contributed by atoms with Crippen LogP contribution < -0.4 is 9.47 Å². The molecule has 2 fully saturated rings. The Kier molecular flexibility index (Phi) is 7.45. The molecule has 2 aromatic carbocycles. The minimum Gasteiger partial charge on any atom is -0.490 e. The Morgan fingerprint density at radius 2 is 1.89 bits per heavy atom. The highest BCUT2D eigenvalue weighted by molar-refractivity contribution is 5.92. The van der Waals surface area contributed by atoms with Crippen LogP contribution in [0.25, 0.3) is 22.0 Å². The van der Waals surface area contributed by atoms with Crippen LogP contribution >= 0.6 is 0 Å². The summed E-state index contributed by atoms with van der Waals surface area (Å²) in [5.74, 6) is 1.73. The van der Waals surface area contributed by atoms with E-state index in [1.165, 1.54) is 0 Å². The SMILES string of the molecule is COCCOc1c(-c2ccc(OC3CCN(C(=O)[C@H]4CCCO4)CC3)cc2)ccc2cccnc12. The van der Waals surface area contributed by atoms with Gasteiger partial charge in [0.05, 0.1) is 6.61 Å². The van der Waals surface area contributed by atoms with E-state index in [1.807, 2.05) is 29.2 Å². The van der Waals surface area contributed by atoms with Crippen molar-refractivity contribution in [2.24, 2.45) is 0 Å². The first-order valence-corrected chi connectivity index (χ1v) is 12.4. The molecule has 1 aromatic heterocycles. The second-order valence-corrected chi connectivity index (χ2v) is 9.03. The average molecular weight is 477 g/mol. The van der Waals surface area contributed by atoms with E-state index >= 15 is 0 Å². The van der Waals surface area contributed by atoms with Crippen molar-refractivity contribution in [1.29, 1.82) is 0 Å². The molecule has 0 unspecified atom stereocenters. The Morgan fingerprint density at radius 3 is 2.63 bits per heavy atom. The standard InChI is InChI=1S/C28H32N2O5/c1-32-18-19-34-27-24(11-8-21-4-2-14-29-26(21)27)20-6-9-22(10-7-20)35-23-12-15-30(16-13-23)28(31)25-5-3-17-33-25/h2,4,6-11,14,23,25H,3,5,12-13,15-19H2,1H3/t25-/m1/s1. The number of fused-ring (bicyclic) bond motifs is 1. The zero-order valence-corrected chi connectivity index (χ0v) is 20.2. The molecule has 7 heteroatoms. The number of pyridine rings is 1. The fraction of sp³-hybridized carbons (Fsp3) is 0.429. The van der Waals surface area contributed by atoms with E-state index < -0.39 is 0 Å². The highest BCUT2D eigenvalue weighted by Gasteiger charge is 2.31. The molecule has 0 aliphatic carbocycles. The lowest BCUT2D eigenvalue weighted by Gasteiger charge is -2.33. The van der Waals surface area contributed by atoms with Crippen molar-refractivity contribution in [3.63, 3.8) is 0 Å². The predicted octanol–water partition coefficient (Wildman–Crippen LogP) is 4.48. The van der Waals surface area contributed by atoms with Crippen LogP contribution in [0, 0.1) is 0 Å². The van der Waals surface area contributed by atoms with E-state index in [0.29, 0.717) is 32.9 Å². The van der Waals surface area contributed by atoms with E-state index in [2.05, 4.69) is 29.2 Å². The van der Waals surface area contributed by atoms with Gasteiger partial charge in [-0.3, -0.25) is 9.78 Å². The first-order valence-electron chi connectivity index (χ1n) is 12.4. The number of piperidine rings is 1. The summed E-state index contributed by atoms with van der Waals surface area (Å²) in [6.45, 7) is 3.09. The van der Waals surface area contributed by atoms with Gasteiger partial charge in [-0.15, -0.1) is 0 Å². The molecule has 0 N–H and O–H groups in total. The monoisotopic (exact) mass is 476 g/mol. The van der Waals surface area contributed by atoms with E-state index in [9.17, 15) is 4.79 Å². The third kappa shape index (κ3) is 5.41. The lowest BCUT2D eigenvalue weighted by atomic mass is 10.0. The summed E-state index contributed by atoms with van der Waals surface area (Å²) in [5.41, 5.74) is 2.86. The van der Waals surface area contributed by atoms with Gasteiger partial charge in [-0.1, -0.05) is 24.3 Å². The highest BCUT2D eigenvalue weighted by Crippen LogP contribution is 2.36. The van der Waals surface area contributed by atoms with Gasteiger partial charge >= 0.3 is 0 Å². The maximum absolute atomic E-state index is 12.6. The van der Waals surface area contributed by atoms with E-state index in [1.54, 1.807) is 13.3 Å². The molecular weight excluding hydrogens is 444 g/mol. The highest BCUT2D eigenvalue weighted by atomic mass is 16.5. The van der Waals surface area contributed by atoms with Crippen LogP contribution in [-0.2, 0) is 14.3 Å². The summed E-state index contributed by atoms with van der Waals surface area (Å²) in [4.78, 5) is 19.1. The third-order valence-corrected chi connectivity index (χ3v) is 6.69. The van der Waals surface area contributed by atoms with Crippen molar-refractivity contribution in [3.05, 3.63) is 54.7 Å². The Labute approximate surface area is 205 Å². The molecular formula is C28H32N2O5. The minimum absolute atomic E-state index is 0.104. The van der Waals surface area contributed by atoms with E-state index in [-0.39, 0.29) is 18.1 Å². The molecule has 0 saturated carbocycles. The molecule has 0 radical (unpaired) electrons. The number of likely N-dealkylation sites (tertiary alicyclic amines) is 1. The summed E-state index contributed by atoms with van der Waals surface area (Å²) in [5, 5.41) is 1.04. The first kappa shape index (κ1) is 23.6. The molecule has 7 nitrogen and oxygen atoms in total. The van der Waals surface area contributed by atoms with Gasteiger partial charge in [0.1, 0.15) is 30.1 Å². The van der Waals surface area contributed by atoms with Crippen LogP contribution in [-0.4, -0.2) is 68.0 Å². The Hall–Kier alpha value is -3.16. The Balaban J connectivity index is 1.25. The maximum atomic E-state index is 12.6. The van der Waals surface area contributed by atoms with Gasteiger partial charge in [0, 0.05) is 56.8 Å². The molecule has 35 heavy (non-hydrogen) atoms. The molecule has 1 atom stereocenters. The molecule has 2 aliphatic heterocycles. The summed E-state index contributed by atoms with van der Waals surface area (Å²) < 4.78 is 23.1. The Morgan fingerprint density at radius 1 is 1.06 bits per heavy atom. The van der Waals surface area contributed by atoms with Gasteiger partial charge in [-0.25, -0.2) is 0 Å². The molecule has 0 spiro atoms. The van der Waals surface area contributed by atoms with Gasteiger partial charge in [-0.2, -0.15) is 0 Å². The number of nitrogens with zero attached hydrogens (tertiary/aromatic N) is 2. The zero-order valence-electron chi connectivity index (χ0n) is 20.2. The van der Waals surface area contributed by atoms with Crippen molar-refractivity contribution in [3.8, 4) is 22.6 Å². The van der Waals surface area contributed by atoms with E-state index in [4.69, 9.17) is 18.9 Å². The van der Waals surface area contributed by atoms with E-state index in [0.717, 1.165) is 59.2 Å². The summed E-state index contributed by atoms with van der Waals surface area (Å²) in [7, 11) is 1.66. The number of hydrogen-bond donors (Lipinski definition) is 0. The number of ether oxygens (including phenoxy) is 4. The predicted molar refractivity (Wildman–Crippen MR) is 134 cm³/mol. The molecule has 1 amide bonds. The summed E-state index contributed by atoms with van der Waals surface area (Å²) >= 11 is 0. The van der Waals surface area contributed by atoms with Gasteiger partial charge in [0.25, 0.3) is 5.91 Å². The van der Waals surface area contributed by atoms with Crippen LogP contribution in [0.15, 0.2) is 54.7 Å². The van der Waals surface area contributed by atoms with Crippen LogP contribution in [0.3, 0.4) is 0 Å². The van der Waals surface area contributed by atoms with Crippen molar-refractivity contribution >= 4 is 16.8 Å². The van der Waals surface area contributed by atoms with Gasteiger partial charge in [0.15, 0.2) is 5.75 Å². The van der Waals surface area contributed by atoms with Crippen LogP contribution in [0.4, 0.5) is 0 Å². The van der Waals surface area contributed by atoms with Gasteiger partial charge in [-0.05, 0) is 42.7 Å². The fourth-order valence-electron chi connectivity index (χ4n) is 4.79. The number of hydrogen-bond acceptors (Lipinski definition) is 6. The molecule has 5 rings (SSSR count). The second kappa shape index (κ2) is 11.1. The number of benzene rings is 2. The normalized spacial score (nSPS) is 18.7. The Bertz CT molecular complexity index is 1140. The summed E-state index contributed by atoms with van der Waals surface area (Å²) in [6.07, 6.45) is 5.12. The van der Waals surface area contributed by atoms with Crippen LogP contribution in [0.2, 0.25) is 0 Å². The molecule has 3 heterocycles. The second-order valence-electron chi connectivity index (χ2n) is 9.03. The van der Waals surface area contributed by atoms with Crippen molar-refractivity contribution < 1.29 is 23.7 Å². The smallest absolute Gasteiger partial charge is 0.251 e. The topological polar surface area (TPSA) is 70.1 Å². The number of rotatable bonds is 8. The molecule has 3 aromatic rings. The average Bonchev–Trinajstić information content (AvgIpc) is 3.45. The van der Waals surface area contributed by atoms with Crippen molar-refractivity contribution in [2.75, 3.05) is 40.0 Å². The number of carbonyl (C=O) groups is 1. The third-order valence-electron chi connectivity index (χ3n) is 6.69. The lowest BCUT2D eigenvalue weighted by Crippen LogP contribution is -2.45. The van der Waals surface area contributed by atoms with Gasteiger partial charge in [0.2, 0.25) is 0 Å². The molecule has 184 valence electrons. The molecule has 2 saturated heterocycles. The fourth-order valence-corrected chi connectivity index (χ4v) is 4.79. The number of aromatic nitrogens is 1. The number of carbonyl (C=O) groups excluding carboxylic acids is 1. The zero-order chi connectivity index (χ0) is 24.0. The minimum atomic E-state index is -0.242. The molecule has 0 bridgehead atoms. The van der Waals surface area contributed by atoms with Crippen molar-refractivity contribution in [2.45, 2.75) is 37.9 Å². The lowest BCUT2D eigenvalue weighted by molar-refractivity contribution is -0.142. The van der Waals surface area contributed by atoms with Gasteiger partial charge < -0.3 is 23.8 Å². The first-order chi connectivity index (χ1) is 17.2. The number of methoxy groups -OCH3 is 1. The van der Waals surface area contributed by atoms with Crippen LogP contribution in [0.1, 0.15) is 25.7 Å². The van der Waals surface area contributed by atoms with Crippen molar-refractivity contribution in [1.82, 2.24) is 9.88 Å². The molecule has 2 aliphatic rings. The largest absolute Gasteiger partial charge is 0.490 e. The quantitative estimate of drug-likeness (QED) is 0.447. The summed E-state index contributed by atoms with van der Waals surface area (Å²) in [6, 6.07) is 16.2. The number of amides is 1. The van der Waals surface area contributed by atoms with Crippen LogP contribution in [0.5, 0.6) is 11.5 Å². The maximum Gasteiger partial charge on any atom is 0.251 e.